The van der Waals surface area contributed by atoms with Crippen molar-refractivity contribution in [2.75, 3.05) is 4.90 Å². The van der Waals surface area contributed by atoms with Crippen LogP contribution in [0.1, 0.15) is 22.6 Å². The molecule has 2 heterocycles. The molecule has 6 rings (SSSR count). The lowest BCUT2D eigenvalue weighted by molar-refractivity contribution is 0.747. The molecule has 2 atom stereocenters. The Hall–Kier alpha value is -4.42. The van der Waals surface area contributed by atoms with E-state index in [0.717, 1.165) is 16.8 Å². The Morgan fingerprint density at radius 3 is 2.42 bits per heavy atom. The van der Waals surface area contributed by atoms with Crippen molar-refractivity contribution in [2.45, 2.75) is 12.0 Å². The summed E-state index contributed by atoms with van der Waals surface area (Å²) in [7, 11) is 0. The lowest BCUT2D eigenvalue weighted by atomic mass is 9.86. The van der Waals surface area contributed by atoms with Crippen molar-refractivity contribution in [1.82, 2.24) is 4.98 Å². The summed E-state index contributed by atoms with van der Waals surface area (Å²) in [6, 6.07) is 31.8. The molecule has 2 unspecified atom stereocenters. The number of nitriles is 1. The van der Waals surface area contributed by atoms with Crippen molar-refractivity contribution in [3.63, 3.8) is 0 Å². The van der Waals surface area contributed by atoms with Gasteiger partial charge in [0.25, 0.3) is 0 Å². The van der Waals surface area contributed by atoms with Crippen LogP contribution in [0.2, 0.25) is 0 Å². The topological polar surface area (TPSA) is 39.9 Å². The van der Waals surface area contributed by atoms with Gasteiger partial charge in [-0.3, -0.25) is 4.98 Å². The van der Waals surface area contributed by atoms with Crippen LogP contribution in [-0.2, 0) is 0 Å². The number of benzene rings is 3. The molecule has 156 valence electrons. The third-order valence-electron chi connectivity index (χ3n) is 6.55. The van der Waals surface area contributed by atoms with Gasteiger partial charge in [0.15, 0.2) is 0 Å². The largest absolute Gasteiger partial charge is 0.333 e. The molecule has 0 fully saturated rings. The fourth-order valence-corrected chi connectivity index (χ4v) is 5.03. The summed E-state index contributed by atoms with van der Waals surface area (Å²) in [5.74, 6) is 0.256. The number of anilines is 2. The molecule has 0 N–H and O–H groups in total. The average Bonchev–Trinajstić information content (AvgIpc) is 3.23. The highest BCUT2D eigenvalue weighted by Crippen LogP contribution is 2.49. The molecule has 0 radical (unpaired) electrons. The highest BCUT2D eigenvalue weighted by Gasteiger charge is 2.38. The Balaban J connectivity index is 1.44. The number of fused-ring (bicyclic) bond motifs is 3. The van der Waals surface area contributed by atoms with E-state index in [0.29, 0.717) is 5.56 Å². The summed E-state index contributed by atoms with van der Waals surface area (Å²) in [6.07, 6.45) is 10.4. The minimum Gasteiger partial charge on any atom is -0.333 e. The number of hydrogen-bond donors (Lipinski definition) is 0. The van der Waals surface area contributed by atoms with Gasteiger partial charge in [0.05, 0.1) is 17.7 Å². The number of nitrogens with zero attached hydrogens (tertiary/aromatic N) is 3. The van der Waals surface area contributed by atoms with Gasteiger partial charge in [-0.15, -0.1) is 0 Å². The van der Waals surface area contributed by atoms with E-state index < -0.39 is 0 Å². The summed E-state index contributed by atoms with van der Waals surface area (Å²) in [5.41, 5.74) is 8.63. The van der Waals surface area contributed by atoms with Crippen LogP contribution in [0.15, 0.2) is 116 Å². The van der Waals surface area contributed by atoms with E-state index in [4.69, 9.17) is 0 Å². The van der Waals surface area contributed by atoms with E-state index >= 15 is 0 Å². The van der Waals surface area contributed by atoms with E-state index in [2.05, 4.69) is 101 Å². The van der Waals surface area contributed by atoms with Gasteiger partial charge in [-0.2, -0.15) is 5.26 Å². The molecule has 33 heavy (non-hydrogen) atoms. The van der Waals surface area contributed by atoms with Crippen molar-refractivity contribution in [1.29, 1.82) is 5.26 Å². The zero-order valence-corrected chi connectivity index (χ0v) is 18.0. The Bertz CT molecular complexity index is 1430. The minimum absolute atomic E-state index is 0.174. The fourth-order valence-electron chi connectivity index (χ4n) is 5.03. The number of rotatable bonds is 3. The number of para-hydroxylation sites is 1. The Morgan fingerprint density at radius 2 is 1.61 bits per heavy atom. The summed E-state index contributed by atoms with van der Waals surface area (Å²) in [4.78, 5) is 6.47. The molecule has 3 nitrogen and oxygen atoms in total. The summed E-state index contributed by atoms with van der Waals surface area (Å²) in [5, 5.41) is 9.93. The summed E-state index contributed by atoms with van der Waals surface area (Å²) in [6.45, 7) is 0. The van der Waals surface area contributed by atoms with Crippen LogP contribution in [0, 0.1) is 11.3 Å². The fraction of sp³-hybridized carbons (Fsp3) is 0.0667. The van der Waals surface area contributed by atoms with E-state index in [1.807, 2.05) is 18.2 Å². The van der Waals surface area contributed by atoms with Gasteiger partial charge in [0.2, 0.25) is 0 Å². The normalized spacial score (nSPS) is 18.3. The molecule has 0 saturated heterocycles. The molecule has 3 aromatic carbocycles. The van der Waals surface area contributed by atoms with Gasteiger partial charge >= 0.3 is 0 Å². The SMILES string of the molecule is N#Cc1cc(N2c3ccccc3C3C=C(c4ccccc4)C=CC32)ccc1-c1ccncc1. The molecular formula is C30H21N3. The average molecular weight is 424 g/mol. The number of aromatic nitrogens is 1. The van der Waals surface area contributed by atoms with Gasteiger partial charge in [-0.05, 0) is 58.2 Å². The molecule has 2 aliphatic rings. The van der Waals surface area contributed by atoms with Crippen LogP contribution in [0.3, 0.4) is 0 Å². The molecule has 0 saturated carbocycles. The smallest absolute Gasteiger partial charge is 0.0998 e. The second-order valence-electron chi connectivity index (χ2n) is 8.37. The van der Waals surface area contributed by atoms with Gasteiger partial charge in [0, 0.05) is 29.7 Å². The van der Waals surface area contributed by atoms with Gasteiger partial charge < -0.3 is 4.90 Å². The predicted octanol–water partition coefficient (Wildman–Crippen LogP) is 6.88. The first-order chi connectivity index (χ1) is 16.3. The van der Waals surface area contributed by atoms with Crippen LogP contribution >= 0.6 is 0 Å². The van der Waals surface area contributed by atoms with Crippen LogP contribution < -0.4 is 4.90 Å². The van der Waals surface area contributed by atoms with Crippen LogP contribution in [0.4, 0.5) is 11.4 Å². The number of hydrogen-bond acceptors (Lipinski definition) is 3. The highest BCUT2D eigenvalue weighted by molar-refractivity contribution is 5.83. The Kier molecular flexibility index (Phi) is 4.63. The maximum Gasteiger partial charge on any atom is 0.0998 e. The summed E-state index contributed by atoms with van der Waals surface area (Å²) < 4.78 is 0. The molecule has 3 heteroatoms. The molecule has 0 bridgehead atoms. The van der Waals surface area contributed by atoms with E-state index in [9.17, 15) is 5.26 Å². The Labute approximate surface area is 193 Å². The van der Waals surface area contributed by atoms with Crippen LogP contribution in [0.5, 0.6) is 0 Å². The van der Waals surface area contributed by atoms with Crippen molar-refractivity contribution < 1.29 is 0 Å². The first-order valence-corrected chi connectivity index (χ1v) is 11.1. The zero-order valence-electron chi connectivity index (χ0n) is 18.0. The van der Waals surface area contributed by atoms with Crippen molar-refractivity contribution in [3.8, 4) is 17.2 Å². The molecule has 1 aliphatic carbocycles. The van der Waals surface area contributed by atoms with Gasteiger partial charge in [-0.25, -0.2) is 0 Å². The standard InChI is InChI=1S/C30H21N3/c31-20-24-18-25(11-12-26(24)22-14-16-32-17-15-22)33-29-9-5-4-8-27(29)28-19-23(10-13-30(28)33)21-6-2-1-3-7-21/h1-19,28,30H. The van der Waals surface area contributed by atoms with E-state index in [-0.39, 0.29) is 12.0 Å². The van der Waals surface area contributed by atoms with Gasteiger partial charge in [-0.1, -0.05) is 72.8 Å². The van der Waals surface area contributed by atoms with Gasteiger partial charge in [0.1, 0.15) is 0 Å². The first-order valence-electron chi connectivity index (χ1n) is 11.1. The van der Waals surface area contributed by atoms with Crippen molar-refractivity contribution in [3.05, 3.63) is 132 Å². The lowest BCUT2D eigenvalue weighted by Crippen LogP contribution is -2.29. The van der Waals surface area contributed by atoms with Crippen molar-refractivity contribution in [2.24, 2.45) is 0 Å². The second-order valence-corrected chi connectivity index (χ2v) is 8.37. The van der Waals surface area contributed by atoms with Crippen molar-refractivity contribution >= 4 is 16.9 Å². The number of pyridine rings is 1. The third-order valence-corrected chi connectivity index (χ3v) is 6.55. The molecule has 4 aromatic rings. The second kappa shape index (κ2) is 7.93. The zero-order chi connectivity index (χ0) is 22.2. The molecule has 1 aromatic heterocycles. The third kappa shape index (κ3) is 3.24. The minimum atomic E-state index is 0.174. The molecule has 0 spiro atoms. The highest BCUT2D eigenvalue weighted by atomic mass is 15.2. The number of allylic oxidation sites excluding steroid dienone is 2. The Morgan fingerprint density at radius 1 is 0.818 bits per heavy atom. The predicted molar refractivity (Wildman–Crippen MR) is 133 cm³/mol. The molecular weight excluding hydrogens is 402 g/mol. The summed E-state index contributed by atoms with van der Waals surface area (Å²) >= 11 is 0. The quantitative estimate of drug-likeness (QED) is 0.361. The first kappa shape index (κ1) is 19.3. The monoisotopic (exact) mass is 423 g/mol. The molecule has 1 aliphatic heterocycles. The lowest BCUT2D eigenvalue weighted by Gasteiger charge is -2.30. The van der Waals surface area contributed by atoms with E-state index in [1.165, 1.54) is 22.4 Å². The maximum atomic E-state index is 9.93. The van der Waals surface area contributed by atoms with Crippen LogP contribution in [-0.4, -0.2) is 11.0 Å². The van der Waals surface area contributed by atoms with E-state index in [1.54, 1.807) is 12.4 Å². The molecule has 0 amide bonds. The van der Waals surface area contributed by atoms with Crippen LogP contribution in [0.25, 0.3) is 16.7 Å². The maximum absolute atomic E-state index is 9.93.